The topological polar surface area (TPSA) is 90.9 Å². The third kappa shape index (κ3) is 8.32. The molecule has 2 amide bonds. The predicted octanol–water partition coefficient (Wildman–Crippen LogP) is 3.67. The standard InChI is InChI=1S/C25H35N3O4/c1-3-28(4-2)18-17-26-25(30)21(12-6-5-7-16-24(29)27-31)19-32-23-15-10-13-20-11-8-9-14-22(20)23/h8-15,31H,3-7,16-19H2,1-2H3,(H,26,30)(H,27,29)/b21-12+. The first-order valence-electron chi connectivity index (χ1n) is 11.3. The van der Waals surface area contributed by atoms with Gasteiger partial charge in [-0.15, -0.1) is 0 Å². The third-order valence-corrected chi connectivity index (χ3v) is 5.41. The van der Waals surface area contributed by atoms with Gasteiger partial charge in [0.25, 0.3) is 0 Å². The predicted molar refractivity (Wildman–Crippen MR) is 127 cm³/mol. The van der Waals surface area contributed by atoms with Crippen LogP contribution >= 0.6 is 0 Å². The number of nitrogens with zero attached hydrogens (tertiary/aromatic N) is 1. The number of fused-ring (bicyclic) bond motifs is 1. The Kier molecular flexibility index (Phi) is 11.3. The highest BCUT2D eigenvalue weighted by Crippen LogP contribution is 2.25. The molecule has 7 nitrogen and oxygen atoms in total. The number of hydrogen-bond acceptors (Lipinski definition) is 5. The van der Waals surface area contributed by atoms with Crippen LogP contribution in [0.3, 0.4) is 0 Å². The van der Waals surface area contributed by atoms with Gasteiger partial charge in [-0.1, -0.05) is 56.3 Å². The van der Waals surface area contributed by atoms with E-state index in [1.54, 1.807) is 5.48 Å². The summed E-state index contributed by atoms with van der Waals surface area (Å²) in [5.41, 5.74) is 2.21. The molecule has 0 radical (unpaired) electrons. The van der Waals surface area contributed by atoms with E-state index in [1.807, 2.05) is 48.5 Å². The number of nitrogens with one attached hydrogen (secondary N) is 2. The van der Waals surface area contributed by atoms with Gasteiger partial charge in [0.2, 0.25) is 11.8 Å². The van der Waals surface area contributed by atoms with Crippen LogP contribution in [0.4, 0.5) is 0 Å². The lowest BCUT2D eigenvalue weighted by atomic mass is 10.1. The van der Waals surface area contributed by atoms with E-state index in [2.05, 4.69) is 24.1 Å². The van der Waals surface area contributed by atoms with E-state index in [9.17, 15) is 9.59 Å². The van der Waals surface area contributed by atoms with Gasteiger partial charge in [-0.2, -0.15) is 0 Å². The van der Waals surface area contributed by atoms with Crippen LogP contribution in [0.2, 0.25) is 0 Å². The molecule has 0 fully saturated rings. The molecule has 2 aromatic carbocycles. The number of carbonyl (C=O) groups excluding carboxylic acids is 2. The molecule has 0 heterocycles. The third-order valence-electron chi connectivity index (χ3n) is 5.41. The number of likely N-dealkylation sites (N-methyl/N-ethyl adjacent to an activating group) is 1. The first-order valence-corrected chi connectivity index (χ1v) is 11.3. The summed E-state index contributed by atoms with van der Waals surface area (Å²) >= 11 is 0. The Morgan fingerprint density at radius 3 is 2.56 bits per heavy atom. The van der Waals surface area contributed by atoms with Crippen molar-refractivity contribution in [2.75, 3.05) is 32.8 Å². The number of benzene rings is 2. The summed E-state index contributed by atoms with van der Waals surface area (Å²) in [6, 6.07) is 13.9. The number of carbonyl (C=O) groups is 2. The lowest BCUT2D eigenvalue weighted by Crippen LogP contribution is -2.36. The molecule has 0 bridgehead atoms. The molecule has 2 rings (SSSR count). The van der Waals surface area contributed by atoms with Crippen molar-refractivity contribution < 1.29 is 19.5 Å². The molecule has 0 unspecified atom stereocenters. The molecule has 2 aromatic rings. The first-order chi connectivity index (χ1) is 15.6. The number of amides is 2. The van der Waals surface area contributed by atoms with E-state index in [1.165, 1.54) is 0 Å². The van der Waals surface area contributed by atoms with Crippen molar-refractivity contribution in [3.63, 3.8) is 0 Å². The maximum atomic E-state index is 12.8. The number of hydrogen-bond donors (Lipinski definition) is 3. The lowest BCUT2D eigenvalue weighted by Gasteiger charge is -2.18. The Morgan fingerprint density at radius 2 is 1.81 bits per heavy atom. The average Bonchev–Trinajstić information content (AvgIpc) is 2.83. The number of hydroxylamine groups is 1. The van der Waals surface area contributed by atoms with Gasteiger partial charge < -0.3 is 15.0 Å². The fraction of sp³-hybridized carbons (Fsp3) is 0.440. The molecular formula is C25H35N3O4. The van der Waals surface area contributed by atoms with Gasteiger partial charge in [0.1, 0.15) is 12.4 Å². The zero-order valence-electron chi connectivity index (χ0n) is 19.1. The fourth-order valence-corrected chi connectivity index (χ4v) is 3.44. The van der Waals surface area contributed by atoms with Crippen LogP contribution in [0.15, 0.2) is 54.1 Å². The summed E-state index contributed by atoms with van der Waals surface area (Å²) in [5, 5.41) is 13.7. The first kappa shape index (κ1) is 25.4. The van der Waals surface area contributed by atoms with E-state index in [-0.39, 0.29) is 18.9 Å². The van der Waals surface area contributed by atoms with Crippen LogP contribution in [-0.4, -0.2) is 54.7 Å². The summed E-state index contributed by atoms with van der Waals surface area (Å²) in [5.74, 6) is 0.206. The SMILES string of the molecule is CCN(CC)CCNC(=O)/C(=C/CCCCC(=O)NO)COc1cccc2ccccc12. The van der Waals surface area contributed by atoms with Crippen molar-refractivity contribution in [1.82, 2.24) is 15.7 Å². The second kappa shape index (κ2) is 14.2. The quantitative estimate of drug-likeness (QED) is 0.180. The monoisotopic (exact) mass is 441 g/mol. The van der Waals surface area contributed by atoms with Gasteiger partial charge >= 0.3 is 0 Å². The maximum Gasteiger partial charge on any atom is 0.250 e. The van der Waals surface area contributed by atoms with E-state index in [0.717, 1.165) is 42.6 Å². The van der Waals surface area contributed by atoms with Crippen molar-refractivity contribution >= 4 is 22.6 Å². The van der Waals surface area contributed by atoms with E-state index < -0.39 is 5.91 Å². The van der Waals surface area contributed by atoms with E-state index in [4.69, 9.17) is 9.94 Å². The minimum absolute atomic E-state index is 0.134. The molecular weight excluding hydrogens is 406 g/mol. The zero-order chi connectivity index (χ0) is 23.2. The van der Waals surface area contributed by atoms with Crippen molar-refractivity contribution in [2.45, 2.75) is 39.5 Å². The van der Waals surface area contributed by atoms with Crippen LogP contribution in [-0.2, 0) is 9.59 Å². The Balaban J connectivity index is 2.00. The molecule has 0 aromatic heterocycles. The van der Waals surface area contributed by atoms with E-state index in [0.29, 0.717) is 25.0 Å². The van der Waals surface area contributed by atoms with Gasteiger partial charge in [0.15, 0.2) is 0 Å². The molecule has 32 heavy (non-hydrogen) atoms. The summed E-state index contributed by atoms with van der Waals surface area (Å²) in [4.78, 5) is 26.2. The Hall–Kier alpha value is -2.90. The molecule has 0 saturated heterocycles. The Morgan fingerprint density at radius 1 is 1.06 bits per heavy atom. The molecule has 174 valence electrons. The van der Waals surface area contributed by atoms with E-state index >= 15 is 0 Å². The molecule has 3 N–H and O–H groups in total. The van der Waals surface area contributed by atoms with Gasteiger partial charge in [-0.3, -0.25) is 14.8 Å². The van der Waals surface area contributed by atoms with Crippen LogP contribution < -0.4 is 15.5 Å². The summed E-state index contributed by atoms with van der Waals surface area (Å²) < 4.78 is 6.05. The summed E-state index contributed by atoms with van der Waals surface area (Å²) in [6.45, 7) is 7.64. The van der Waals surface area contributed by atoms with Gasteiger partial charge in [-0.25, -0.2) is 5.48 Å². The smallest absolute Gasteiger partial charge is 0.250 e. The van der Waals surface area contributed by atoms with Gasteiger partial charge in [0, 0.05) is 24.9 Å². The van der Waals surface area contributed by atoms with Crippen molar-refractivity contribution in [2.24, 2.45) is 0 Å². The second-order valence-electron chi connectivity index (χ2n) is 7.56. The molecule has 0 saturated carbocycles. The average molecular weight is 442 g/mol. The summed E-state index contributed by atoms with van der Waals surface area (Å²) in [6.07, 6.45) is 4.15. The van der Waals surface area contributed by atoms with Crippen molar-refractivity contribution in [3.8, 4) is 5.75 Å². The fourth-order valence-electron chi connectivity index (χ4n) is 3.44. The minimum Gasteiger partial charge on any atom is -0.488 e. The molecule has 0 aliphatic carbocycles. The van der Waals surface area contributed by atoms with Crippen LogP contribution in [0.25, 0.3) is 10.8 Å². The second-order valence-corrected chi connectivity index (χ2v) is 7.56. The Bertz CT molecular complexity index is 888. The van der Waals surface area contributed by atoms with Crippen molar-refractivity contribution in [1.29, 1.82) is 0 Å². The van der Waals surface area contributed by atoms with Crippen LogP contribution in [0, 0.1) is 0 Å². The molecule has 0 aliphatic heterocycles. The molecule has 0 spiro atoms. The van der Waals surface area contributed by atoms with Gasteiger partial charge in [-0.05, 0) is 43.8 Å². The lowest BCUT2D eigenvalue weighted by molar-refractivity contribution is -0.129. The number of allylic oxidation sites excluding steroid dienone is 1. The molecule has 0 aliphatic rings. The normalized spacial score (nSPS) is 11.6. The number of unbranched alkanes of at least 4 members (excludes halogenated alkanes) is 2. The van der Waals surface area contributed by atoms with Crippen molar-refractivity contribution in [3.05, 3.63) is 54.1 Å². The minimum atomic E-state index is -0.400. The number of rotatable bonds is 14. The maximum absolute atomic E-state index is 12.8. The van der Waals surface area contributed by atoms with Crippen LogP contribution in [0.1, 0.15) is 39.5 Å². The highest BCUT2D eigenvalue weighted by molar-refractivity contribution is 5.94. The zero-order valence-corrected chi connectivity index (χ0v) is 19.1. The molecule has 0 atom stereocenters. The summed E-state index contributed by atoms with van der Waals surface area (Å²) in [7, 11) is 0. The number of ether oxygens (including phenoxy) is 1. The highest BCUT2D eigenvalue weighted by atomic mass is 16.5. The Labute approximate surface area is 190 Å². The highest BCUT2D eigenvalue weighted by Gasteiger charge is 2.12. The largest absolute Gasteiger partial charge is 0.488 e. The van der Waals surface area contributed by atoms with Gasteiger partial charge in [0.05, 0.1) is 5.57 Å². The molecule has 7 heteroatoms. The van der Waals surface area contributed by atoms with Crippen LogP contribution in [0.5, 0.6) is 5.75 Å².